The van der Waals surface area contributed by atoms with Gasteiger partial charge in [0.1, 0.15) is 0 Å². The quantitative estimate of drug-likeness (QED) is 0.568. The summed E-state index contributed by atoms with van der Waals surface area (Å²) < 4.78 is 24.5. The first-order valence-corrected chi connectivity index (χ1v) is 8.94. The Balaban J connectivity index is 2.00. The molecule has 2 amide bonds. The first-order chi connectivity index (χ1) is 11.7. The van der Waals surface area contributed by atoms with Gasteiger partial charge < -0.3 is 5.32 Å². The highest BCUT2D eigenvalue weighted by atomic mass is 32.2. The maximum Gasteiger partial charge on any atom is 0.324 e. The van der Waals surface area contributed by atoms with Crippen molar-refractivity contribution in [2.24, 2.45) is 0 Å². The highest BCUT2D eigenvalue weighted by molar-refractivity contribution is 7.89. The van der Waals surface area contributed by atoms with Gasteiger partial charge in [-0.3, -0.25) is 15.0 Å². The predicted octanol–water partition coefficient (Wildman–Crippen LogP) is 1.56. The number of carbonyl (C=O) groups is 2. The van der Waals surface area contributed by atoms with Crippen LogP contribution in [0.4, 0.5) is 5.69 Å². The predicted molar refractivity (Wildman–Crippen MR) is 94.2 cm³/mol. The molecule has 2 aromatic rings. The van der Waals surface area contributed by atoms with E-state index in [1.165, 1.54) is 6.07 Å². The highest BCUT2D eigenvalue weighted by Gasteiger charge is 2.20. The number of aryl methyl sites for hydroxylation is 3. The molecule has 0 heterocycles. The second-order valence-electron chi connectivity index (χ2n) is 5.65. The molecule has 25 heavy (non-hydrogen) atoms. The van der Waals surface area contributed by atoms with Crippen molar-refractivity contribution in [3.63, 3.8) is 0 Å². The van der Waals surface area contributed by atoms with E-state index >= 15 is 0 Å². The molecule has 2 aromatic carbocycles. The zero-order chi connectivity index (χ0) is 18.6. The number of hydrogen-bond acceptors (Lipinski definition) is 4. The van der Waals surface area contributed by atoms with Crippen molar-refractivity contribution < 1.29 is 18.0 Å². The van der Waals surface area contributed by atoms with Crippen molar-refractivity contribution >= 4 is 27.5 Å². The molecule has 0 aliphatic heterocycles. The van der Waals surface area contributed by atoms with Crippen LogP contribution in [-0.2, 0) is 19.6 Å². The molecule has 8 heteroatoms. The molecule has 3 N–H and O–H groups in total. The maximum atomic E-state index is 12.2. The fraction of sp³-hybridized carbons (Fsp3) is 0.176. The average molecular weight is 361 g/mol. The molecule has 0 atom stereocenters. The SMILES string of the molecule is Cc1ccc(NC(=O)C(=O)NNS(=O)(=O)c2ccc(C)cc2C)cc1. The van der Waals surface area contributed by atoms with E-state index in [4.69, 9.17) is 0 Å². The molecule has 0 fully saturated rings. The van der Waals surface area contributed by atoms with Gasteiger partial charge in [0.25, 0.3) is 10.0 Å². The molecule has 0 saturated carbocycles. The zero-order valence-electron chi connectivity index (χ0n) is 14.1. The van der Waals surface area contributed by atoms with Crippen LogP contribution in [0.5, 0.6) is 0 Å². The molecule has 2 rings (SSSR count). The van der Waals surface area contributed by atoms with Crippen LogP contribution in [0.15, 0.2) is 47.4 Å². The van der Waals surface area contributed by atoms with E-state index < -0.39 is 21.8 Å². The minimum Gasteiger partial charge on any atom is -0.318 e. The van der Waals surface area contributed by atoms with Crippen LogP contribution in [0.1, 0.15) is 16.7 Å². The molecule has 132 valence electrons. The van der Waals surface area contributed by atoms with Crippen LogP contribution in [0.3, 0.4) is 0 Å². The molecule has 0 bridgehead atoms. The summed E-state index contributed by atoms with van der Waals surface area (Å²) in [5.41, 5.74) is 4.79. The lowest BCUT2D eigenvalue weighted by Crippen LogP contribution is -2.46. The second kappa shape index (κ2) is 7.45. The van der Waals surface area contributed by atoms with Gasteiger partial charge in [-0.2, -0.15) is 0 Å². The van der Waals surface area contributed by atoms with Gasteiger partial charge in [-0.15, -0.1) is 4.83 Å². The van der Waals surface area contributed by atoms with Gasteiger partial charge in [-0.1, -0.05) is 35.4 Å². The average Bonchev–Trinajstić information content (AvgIpc) is 2.54. The Morgan fingerprint density at radius 1 is 0.840 bits per heavy atom. The third-order valence-electron chi connectivity index (χ3n) is 3.43. The third kappa shape index (κ3) is 4.88. The van der Waals surface area contributed by atoms with Crippen molar-refractivity contribution in [1.29, 1.82) is 0 Å². The van der Waals surface area contributed by atoms with Crippen LogP contribution in [0, 0.1) is 20.8 Å². The third-order valence-corrected chi connectivity index (χ3v) is 4.84. The Kier molecular flexibility index (Phi) is 5.55. The Bertz CT molecular complexity index is 906. The smallest absolute Gasteiger partial charge is 0.318 e. The largest absolute Gasteiger partial charge is 0.324 e. The number of rotatable bonds is 4. The first-order valence-electron chi connectivity index (χ1n) is 7.46. The number of anilines is 1. The summed E-state index contributed by atoms with van der Waals surface area (Å²) in [5, 5.41) is 2.38. The molecule has 0 unspecified atom stereocenters. The van der Waals surface area contributed by atoms with Gasteiger partial charge >= 0.3 is 11.8 Å². The van der Waals surface area contributed by atoms with Crippen molar-refractivity contribution in [3.05, 3.63) is 59.2 Å². The van der Waals surface area contributed by atoms with Gasteiger partial charge in [0, 0.05) is 5.69 Å². The van der Waals surface area contributed by atoms with E-state index in [-0.39, 0.29) is 4.90 Å². The number of carbonyl (C=O) groups excluding carboxylic acids is 2. The van der Waals surface area contributed by atoms with Gasteiger partial charge in [0.15, 0.2) is 0 Å². The Morgan fingerprint density at radius 2 is 1.44 bits per heavy atom. The molecular formula is C17H19N3O4S. The summed E-state index contributed by atoms with van der Waals surface area (Å²) in [4.78, 5) is 25.5. The van der Waals surface area contributed by atoms with Crippen LogP contribution in [0.25, 0.3) is 0 Å². The molecule has 0 aliphatic carbocycles. The zero-order valence-corrected chi connectivity index (χ0v) is 14.9. The molecule has 0 saturated heterocycles. The van der Waals surface area contributed by atoms with Crippen LogP contribution in [-0.4, -0.2) is 20.2 Å². The Hall–Kier alpha value is -2.71. The number of hydrogen-bond donors (Lipinski definition) is 3. The summed E-state index contributed by atoms with van der Waals surface area (Å²) in [6.07, 6.45) is 0. The van der Waals surface area contributed by atoms with Gasteiger partial charge in [-0.25, -0.2) is 8.42 Å². The van der Waals surface area contributed by atoms with E-state index in [0.29, 0.717) is 11.3 Å². The number of benzene rings is 2. The fourth-order valence-corrected chi connectivity index (χ4v) is 3.22. The first kappa shape index (κ1) is 18.6. The summed E-state index contributed by atoms with van der Waals surface area (Å²) >= 11 is 0. The molecule has 0 radical (unpaired) electrons. The van der Waals surface area contributed by atoms with Crippen molar-refractivity contribution in [2.75, 3.05) is 5.32 Å². The van der Waals surface area contributed by atoms with Crippen molar-refractivity contribution in [2.45, 2.75) is 25.7 Å². The van der Waals surface area contributed by atoms with Crippen LogP contribution >= 0.6 is 0 Å². The highest BCUT2D eigenvalue weighted by Crippen LogP contribution is 2.15. The minimum atomic E-state index is -3.98. The van der Waals surface area contributed by atoms with Crippen LogP contribution < -0.4 is 15.6 Å². The molecule has 0 aliphatic rings. The summed E-state index contributed by atoms with van der Waals surface area (Å²) in [7, 11) is -3.98. The standard InChI is InChI=1S/C17H19N3O4S/c1-11-4-7-14(8-5-11)18-16(21)17(22)19-20-25(23,24)15-9-6-12(2)10-13(15)3/h4-10,20H,1-3H3,(H,18,21)(H,19,22). The maximum absolute atomic E-state index is 12.2. The van der Waals surface area contributed by atoms with Gasteiger partial charge in [0.2, 0.25) is 0 Å². The number of sulfonamides is 1. The molecule has 7 nitrogen and oxygen atoms in total. The molecular weight excluding hydrogens is 342 g/mol. The summed E-state index contributed by atoms with van der Waals surface area (Å²) in [5.74, 6) is -2.10. The lowest BCUT2D eigenvalue weighted by molar-refractivity contribution is -0.136. The summed E-state index contributed by atoms with van der Waals surface area (Å²) in [6, 6.07) is 11.6. The van der Waals surface area contributed by atoms with Gasteiger partial charge in [0.05, 0.1) is 4.90 Å². The second-order valence-corrected chi connectivity index (χ2v) is 7.30. The monoisotopic (exact) mass is 361 g/mol. The Morgan fingerprint density at radius 3 is 2.04 bits per heavy atom. The van der Waals surface area contributed by atoms with E-state index in [2.05, 4.69) is 5.32 Å². The summed E-state index contributed by atoms with van der Waals surface area (Å²) in [6.45, 7) is 5.38. The number of hydrazine groups is 1. The topological polar surface area (TPSA) is 104 Å². The number of nitrogens with one attached hydrogen (secondary N) is 3. The number of amides is 2. The van der Waals surface area contributed by atoms with E-state index in [0.717, 1.165) is 11.1 Å². The van der Waals surface area contributed by atoms with E-state index in [1.807, 2.05) is 24.1 Å². The van der Waals surface area contributed by atoms with Crippen LogP contribution in [0.2, 0.25) is 0 Å². The molecule has 0 spiro atoms. The van der Waals surface area contributed by atoms with Crippen molar-refractivity contribution in [1.82, 2.24) is 10.3 Å². The Labute approximate surface area is 146 Å². The van der Waals surface area contributed by atoms with E-state index in [9.17, 15) is 18.0 Å². The van der Waals surface area contributed by atoms with Gasteiger partial charge in [-0.05, 0) is 44.5 Å². The molecule has 0 aromatic heterocycles. The fourth-order valence-electron chi connectivity index (χ4n) is 2.15. The lowest BCUT2D eigenvalue weighted by atomic mass is 10.2. The normalized spacial score (nSPS) is 11.0. The minimum absolute atomic E-state index is 0.0253. The van der Waals surface area contributed by atoms with E-state index in [1.54, 1.807) is 43.3 Å². The van der Waals surface area contributed by atoms with Crippen molar-refractivity contribution in [3.8, 4) is 0 Å². The lowest BCUT2D eigenvalue weighted by Gasteiger charge is -2.11.